The highest BCUT2D eigenvalue weighted by Crippen LogP contribution is 2.26. The van der Waals surface area contributed by atoms with E-state index in [4.69, 9.17) is 16.6 Å². The van der Waals surface area contributed by atoms with Crippen molar-refractivity contribution in [2.45, 2.75) is 6.92 Å². The molecule has 2 aromatic carbocycles. The molecule has 1 amide bonds. The third-order valence-electron chi connectivity index (χ3n) is 5.47. The summed E-state index contributed by atoms with van der Waals surface area (Å²) in [6, 6.07) is 12.1. The van der Waals surface area contributed by atoms with Gasteiger partial charge < -0.3 is 15.1 Å². The molecule has 0 saturated carbocycles. The molecule has 4 rings (SSSR count). The van der Waals surface area contributed by atoms with Crippen molar-refractivity contribution >= 4 is 46.0 Å². The average Bonchev–Trinajstić information content (AvgIpc) is 2.74. The molecule has 0 atom stereocenters. The first kappa shape index (κ1) is 21.3. The number of benzene rings is 2. The molecule has 1 aliphatic rings. The number of pyridine rings is 1. The van der Waals surface area contributed by atoms with Crippen LogP contribution in [0.15, 0.2) is 48.5 Å². The lowest BCUT2D eigenvalue weighted by Gasteiger charge is -2.33. The number of hydrogen-bond acceptors (Lipinski definition) is 4. The lowest BCUT2D eigenvalue weighted by Crippen LogP contribution is -2.44. The Morgan fingerprint density at radius 1 is 1.13 bits per heavy atom. The number of amides is 1. The Labute approximate surface area is 186 Å². The van der Waals surface area contributed by atoms with E-state index in [1.54, 1.807) is 6.07 Å². The van der Waals surface area contributed by atoms with Crippen LogP contribution in [0.3, 0.4) is 0 Å². The lowest BCUT2D eigenvalue weighted by molar-refractivity contribution is -0.111. The standard InChI is InChI=1S/C24H24ClFN4O/c1-16-13-23(30-11-9-29(2)10-12-30)28-22-7-6-19(15-20(16)22)27-24(31)8-4-17-3-5-18(25)14-21(17)26/h3-8,13-15H,9-12H2,1-2H3,(H,27,31)/b8-4+. The summed E-state index contributed by atoms with van der Waals surface area (Å²) < 4.78 is 13.9. The number of carbonyl (C=O) groups excluding carboxylic acids is 1. The number of carbonyl (C=O) groups is 1. The van der Waals surface area contributed by atoms with Crippen LogP contribution in [0.2, 0.25) is 5.02 Å². The van der Waals surface area contributed by atoms with Gasteiger partial charge in [-0.2, -0.15) is 0 Å². The minimum Gasteiger partial charge on any atom is -0.354 e. The molecule has 0 aliphatic carbocycles. The highest BCUT2D eigenvalue weighted by molar-refractivity contribution is 6.30. The van der Waals surface area contributed by atoms with Crippen LogP contribution < -0.4 is 10.2 Å². The van der Waals surface area contributed by atoms with Gasteiger partial charge in [-0.3, -0.25) is 4.79 Å². The fourth-order valence-corrected chi connectivity index (χ4v) is 3.80. The Bertz CT molecular complexity index is 1160. The minimum atomic E-state index is -0.472. The Kier molecular flexibility index (Phi) is 6.20. The number of likely N-dealkylation sites (N-methyl/N-ethyl adjacent to an activating group) is 1. The Morgan fingerprint density at radius 3 is 2.65 bits per heavy atom. The molecule has 1 aromatic heterocycles. The number of aryl methyl sites for hydroxylation is 1. The SMILES string of the molecule is Cc1cc(N2CCN(C)CC2)nc2ccc(NC(=O)/C=C/c3ccc(Cl)cc3F)cc12. The van der Waals surface area contributed by atoms with Crippen LogP contribution in [0.25, 0.3) is 17.0 Å². The maximum absolute atomic E-state index is 13.9. The third kappa shape index (κ3) is 5.03. The van der Waals surface area contributed by atoms with E-state index >= 15 is 0 Å². The molecule has 5 nitrogen and oxygen atoms in total. The zero-order chi connectivity index (χ0) is 22.0. The van der Waals surface area contributed by atoms with E-state index in [9.17, 15) is 9.18 Å². The summed E-state index contributed by atoms with van der Waals surface area (Å²) in [7, 11) is 2.13. The van der Waals surface area contributed by atoms with Gasteiger partial charge in [-0.1, -0.05) is 17.7 Å². The molecule has 160 valence electrons. The molecular formula is C24H24ClFN4O. The number of fused-ring (bicyclic) bond motifs is 1. The van der Waals surface area contributed by atoms with Crippen LogP contribution in [-0.4, -0.2) is 49.0 Å². The Morgan fingerprint density at radius 2 is 1.90 bits per heavy atom. The highest BCUT2D eigenvalue weighted by atomic mass is 35.5. The van der Waals surface area contributed by atoms with Crippen LogP contribution in [0.5, 0.6) is 0 Å². The van der Waals surface area contributed by atoms with Crippen molar-refractivity contribution in [1.29, 1.82) is 0 Å². The van der Waals surface area contributed by atoms with Crippen molar-refractivity contribution in [1.82, 2.24) is 9.88 Å². The van der Waals surface area contributed by atoms with Gasteiger partial charge in [-0.25, -0.2) is 9.37 Å². The second kappa shape index (κ2) is 9.04. The molecule has 1 saturated heterocycles. The minimum absolute atomic E-state index is 0.301. The zero-order valence-electron chi connectivity index (χ0n) is 17.5. The van der Waals surface area contributed by atoms with Gasteiger partial charge in [0.05, 0.1) is 5.52 Å². The normalized spacial score (nSPS) is 15.0. The first-order valence-electron chi connectivity index (χ1n) is 10.2. The van der Waals surface area contributed by atoms with Gasteiger partial charge in [0.2, 0.25) is 5.91 Å². The quantitative estimate of drug-likeness (QED) is 0.598. The smallest absolute Gasteiger partial charge is 0.248 e. The summed E-state index contributed by atoms with van der Waals surface area (Å²) in [4.78, 5) is 21.7. The summed E-state index contributed by atoms with van der Waals surface area (Å²) in [6.45, 7) is 6.03. The van der Waals surface area contributed by atoms with E-state index in [1.807, 2.05) is 18.2 Å². The maximum Gasteiger partial charge on any atom is 0.248 e. The number of halogens is 2. The molecule has 0 radical (unpaired) electrons. The lowest BCUT2D eigenvalue weighted by atomic mass is 10.1. The monoisotopic (exact) mass is 438 g/mol. The summed E-state index contributed by atoms with van der Waals surface area (Å²) in [5.74, 6) is 0.177. The molecular weight excluding hydrogens is 415 g/mol. The second-order valence-electron chi connectivity index (χ2n) is 7.81. The fourth-order valence-electron chi connectivity index (χ4n) is 3.64. The molecule has 31 heavy (non-hydrogen) atoms. The summed E-state index contributed by atoms with van der Waals surface area (Å²) >= 11 is 5.75. The fraction of sp³-hybridized carbons (Fsp3) is 0.250. The van der Waals surface area contributed by atoms with Crippen molar-refractivity contribution in [2.75, 3.05) is 43.4 Å². The van der Waals surface area contributed by atoms with Gasteiger partial charge in [0, 0.05) is 53.9 Å². The van der Waals surface area contributed by atoms with Crippen molar-refractivity contribution in [3.8, 4) is 0 Å². The van der Waals surface area contributed by atoms with Crippen LogP contribution in [-0.2, 0) is 4.79 Å². The molecule has 0 bridgehead atoms. The molecule has 1 aliphatic heterocycles. The van der Waals surface area contributed by atoms with Crippen LogP contribution >= 0.6 is 11.6 Å². The van der Waals surface area contributed by atoms with Gasteiger partial charge in [0.1, 0.15) is 11.6 Å². The van der Waals surface area contributed by atoms with Crippen molar-refractivity contribution < 1.29 is 9.18 Å². The number of piperazine rings is 1. The highest BCUT2D eigenvalue weighted by Gasteiger charge is 2.16. The molecule has 3 aromatic rings. The van der Waals surface area contributed by atoms with Crippen molar-refractivity contribution in [3.05, 3.63) is 70.5 Å². The van der Waals surface area contributed by atoms with Crippen LogP contribution in [0.1, 0.15) is 11.1 Å². The van der Waals surface area contributed by atoms with Gasteiger partial charge in [-0.05, 0) is 62.0 Å². The average molecular weight is 439 g/mol. The summed E-state index contributed by atoms with van der Waals surface area (Å²) in [6.07, 6.45) is 2.73. The number of aromatic nitrogens is 1. The number of nitrogens with one attached hydrogen (secondary N) is 1. The van der Waals surface area contributed by atoms with E-state index < -0.39 is 5.82 Å². The molecule has 0 unspecified atom stereocenters. The maximum atomic E-state index is 13.9. The van der Waals surface area contributed by atoms with E-state index in [0.717, 1.165) is 48.5 Å². The number of rotatable bonds is 4. The van der Waals surface area contributed by atoms with Crippen LogP contribution in [0, 0.1) is 12.7 Å². The van der Waals surface area contributed by atoms with E-state index in [1.165, 1.54) is 24.3 Å². The Hall–Kier alpha value is -2.96. The third-order valence-corrected chi connectivity index (χ3v) is 5.71. The van der Waals surface area contributed by atoms with E-state index in [-0.39, 0.29) is 5.91 Å². The van der Waals surface area contributed by atoms with Gasteiger partial charge >= 0.3 is 0 Å². The van der Waals surface area contributed by atoms with E-state index in [0.29, 0.717) is 16.3 Å². The molecule has 1 fully saturated rings. The Balaban J connectivity index is 1.49. The topological polar surface area (TPSA) is 48.5 Å². The predicted octanol–water partition coefficient (Wildman–Crippen LogP) is 4.74. The van der Waals surface area contributed by atoms with Gasteiger partial charge in [0.15, 0.2) is 0 Å². The number of hydrogen-bond donors (Lipinski definition) is 1. The zero-order valence-corrected chi connectivity index (χ0v) is 18.3. The summed E-state index contributed by atoms with van der Waals surface area (Å²) in [5.41, 5.74) is 2.96. The first-order chi connectivity index (χ1) is 14.9. The first-order valence-corrected chi connectivity index (χ1v) is 10.6. The predicted molar refractivity (Wildman–Crippen MR) is 125 cm³/mol. The number of nitrogens with zero attached hydrogens (tertiary/aromatic N) is 3. The molecule has 1 N–H and O–H groups in total. The largest absolute Gasteiger partial charge is 0.354 e. The molecule has 0 spiro atoms. The van der Waals surface area contributed by atoms with Gasteiger partial charge in [0.25, 0.3) is 0 Å². The van der Waals surface area contributed by atoms with Gasteiger partial charge in [-0.15, -0.1) is 0 Å². The molecule has 7 heteroatoms. The van der Waals surface area contributed by atoms with Crippen LogP contribution in [0.4, 0.5) is 15.9 Å². The number of anilines is 2. The van der Waals surface area contributed by atoms with Crippen molar-refractivity contribution in [2.24, 2.45) is 0 Å². The van der Waals surface area contributed by atoms with E-state index in [2.05, 4.69) is 35.2 Å². The molecule has 2 heterocycles. The second-order valence-corrected chi connectivity index (χ2v) is 8.24. The van der Waals surface area contributed by atoms with Crippen molar-refractivity contribution in [3.63, 3.8) is 0 Å². The summed E-state index contributed by atoms with van der Waals surface area (Å²) in [5, 5.41) is 4.13.